The molecule has 4 rings (SSSR count). The monoisotopic (exact) mass is 299 g/mol. The van der Waals surface area contributed by atoms with Gasteiger partial charge in [0.2, 0.25) is 0 Å². The second-order valence-corrected chi connectivity index (χ2v) is 6.02. The number of amides is 1. The van der Waals surface area contributed by atoms with Gasteiger partial charge in [-0.2, -0.15) is 0 Å². The van der Waals surface area contributed by atoms with E-state index < -0.39 is 0 Å². The molecule has 0 bridgehead atoms. The van der Waals surface area contributed by atoms with Crippen LogP contribution < -0.4 is 0 Å². The maximum absolute atomic E-state index is 12.3. The number of likely N-dealkylation sites (tertiary alicyclic amines) is 1. The Kier molecular flexibility index (Phi) is 2.75. The van der Waals surface area contributed by atoms with E-state index in [1.807, 2.05) is 40.6 Å². The fourth-order valence-electron chi connectivity index (χ4n) is 2.60. The van der Waals surface area contributed by atoms with Gasteiger partial charge in [0.05, 0.1) is 17.1 Å². The molecule has 4 heterocycles. The number of aromatic nitrogens is 4. The van der Waals surface area contributed by atoms with Gasteiger partial charge in [-0.25, -0.2) is 4.98 Å². The summed E-state index contributed by atoms with van der Waals surface area (Å²) in [5.74, 6) is 1.25. The lowest BCUT2D eigenvalue weighted by Crippen LogP contribution is -2.49. The number of rotatable bonds is 2. The average molecular weight is 299 g/mol. The smallest absolute Gasteiger partial charge is 0.265 e. The predicted octanol–water partition coefficient (Wildman–Crippen LogP) is 1.73. The van der Waals surface area contributed by atoms with E-state index in [1.54, 1.807) is 5.51 Å². The molecule has 1 amide bonds. The zero-order valence-electron chi connectivity index (χ0n) is 11.4. The molecule has 0 aromatic carbocycles. The van der Waals surface area contributed by atoms with E-state index in [-0.39, 0.29) is 11.8 Å². The third-order valence-electron chi connectivity index (χ3n) is 3.81. The second kappa shape index (κ2) is 4.63. The topological polar surface area (TPSA) is 63.4 Å². The van der Waals surface area contributed by atoms with Gasteiger partial charge in [0.15, 0.2) is 5.65 Å². The standard InChI is InChI=1S/C14H13N5OS/c1-9-12(21-8-15-9)14(20)18-6-10(7-18)13-17-16-11-4-2-3-5-19(11)13/h2-5,8,10H,6-7H2,1H3. The Balaban J connectivity index is 1.53. The summed E-state index contributed by atoms with van der Waals surface area (Å²) in [4.78, 5) is 19.1. The molecule has 0 unspecified atom stereocenters. The fourth-order valence-corrected chi connectivity index (χ4v) is 3.37. The first kappa shape index (κ1) is 12.5. The fraction of sp³-hybridized carbons (Fsp3) is 0.286. The molecule has 21 heavy (non-hydrogen) atoms. The van der Waals surface area contributed by atoms with Crippen LogP contribution in [0.15, 0.2) is 29.9 Å². The van der Waals surface area contributed by atoms with Crippen molar-refractivity contribution in [1.29, 1.82) is 0 Å². The summed E-state index contributed by atoms with van der Waals surface area (Å²) in [6.45, 7) is 3.24. The van der Waals surface area contributed by atoms with Crippen LogP contribution in [0, 0.1) is 6.92 Å². The van der Waals surface area contributed by atoms with E-state index >= 15 is 0 Å². The highest BCUT2D eigenvalue weighted by Crippen LogP contribution is 2.28. The number of carbonyl (C=O) groups excluding carboxylic acids is 1. The lowest BCUT2D eigenvalue weighted by molar-refractivity contribution is 0.0598. The number of nitrogens with zero attached hydrogens (tertiary/aromatic N) is 5. The molecule has 6 nitrogen and oxygen atoms in total. The molecular weight excluding hydrogens is 286 g/mol. The molecule has 0 radical (unpaired) electrons. The molecule has 106 valence electrons. The Morgan fingerprint density at radius 3 is 2.95 bits per heavy atom. The summed E-state index contributed by atoms with van der Waals surface area (Å²) >= 11 is 1.40. The van der Waals surface area contributed by atoms with Gasteiger partial charge in [-0.15, -0.1) is 21.5 Å². The van der Waals surface area contributed by atoms with Crippen molar-refractivity contribution in [3.63, 3.8) is 0 Å². The van der Waals surface area contributed by atoms with Crippen LogP contribution in [0.2, 0.25) is 0 Å². The van der Waals surface area contributed by atoms with Crippen molar-refractivity contribution in [3.05, 3.63) is 46.3 Å². The van der Waals surface area contributed by atoms with Crippen LogP contribution in [0.25, 0.3) is 5.65 Å². The summed E-state index contributed by atoms with van der Waals surface area (Å²) in [7, 11) is 0. The van der Waals surface area contributed by atoms with Crippen molar-refractivity contribution in [3.8, 4) is 0 Å². The Hall–Kier alpha value is -2.28. The van der Waals surface area contributed by atoms with Crippen molar-refractivity contribution in [2.75, 3.05) is 13.1 Å². The number of carbonyl (C=O) groups is 1. The van der Waals surface area contributed by atoms with Crippen molar-refractivity contribution in [2.45, 2.75) is 12.8 Å². The largest absolute Gasteiger partial charge is 0.336 e. The summed E-state index contributed by atoms with van der Waals surface area (Å²) in [6, 6.07) is 5.83. The van der Waals surface area contributed by atoms with Gasteiger partial charge in [0.1, 0.15) is 10.7 Å². The van der Waals surface area contributed by atoms with E-state index in [1.165, 1.54) is 11.3 Å². The first-order chi connectivity index (χ1) is 10.2. The highest BCUT2D eigenvalue weighted by molar-refractivity contribution is 7.11. The van der Waals surface area contributed by atoms with Gasteiger partial charge in [-0.05, 0) is 19.1 Å². The van der Waals surface area contributed by atoms with Crippen LogP contribution in [-0.4, -0.2) is 43.5 Å². The van der Waals surface area contributed by atoms with Crippen LogP contribution in [0.4, 0.5) is 0 Å². The molecular formula is C14H13N5OS. The SMILES string of the molecule is Cc1ncsc1C(=O)N1CC(c2nnc3ccccn23)C1. The minimum Gasteiger partial charge on any atom is -0.336 e. The van der Waals surface area contributed by atoms with E-state index in [4.69, 9.17) is 0 Å². The van der Waals surface area contributed by atoms with Crippen molar-refractivity contribution in [1.82, 2.24) is 24.5 Å². The van der Waals surface area contributed by atoms with E-state index in [9.17, 15) is 4.79 Å². The molecule has 0 saturated carbocycles. The second-order valence-electron chi connectivity index (χ2n) is 5.16. The minimum atomic E-state index is 0.0695. The quantitative estimate of drug-likeness (QED) is 0.723. The van der Waals surface area contributed by atoms with Gasteiger partial charge in [0, 0.05) is 19.3 Å². The highest BCUT2D eigenvalue weighted by atomic mass is 32.1. The van der Waals surface area contributed by atoms with Crippen LogP contribution in [0.3, 0.4) is 0 Å². The first-order valence-electron chi connectivity index (χ1n) is 6.73. The third kappa shape index (κ3) is 1.92. The number of fused-ring (bicyclic) bond motifs is 1. The van der Waals surface area contributed by atoms with Crippen LogP contribution >= 0.6 is 11.3 Å². The number of aryl methyl sites for hydroxylation is 1. The Morgan fingerprint density at radius 1 is 1.33 bits per heavy atom. The maximum atomic E-state index is 12.3. The molecule has 0 N–H and O–H groups in total. The first-order valence-corrected chi connectivity index (χ1v) is 7.61. The average Bonchev–Trinajstić information content (AvgIpc) is 3.04. The maximum Gasteiger partial charge on any atom is 0.265 e. The Labute approximate surface area is 125 Å². The van der Waals surface area contributed by atoms with E-state index in [0.717, 1.165) is 22.0 Å². The molecule has 1 fully saturated rings. The number of thiazole rings is 1. The summed E-state index contributed by atoms with van der Waals surface area (Å²) in [5.41, 5.74) is 3.36. The molecule has 1 saturated heterocycles. The summed E-state index contributed by atoms with van der Waals surface area (Å²) in [5, 5.41) is 8.41. The van der Waals surface area contributed by atoms with Gasteiger partial charge >= 0.3 is 0 Å². The van der Waals surface area contributed by atoms with Crippen molar-refractivity contribution in [2.24, 2.45) is 0 Å². The van der Waals surface area contributed by atoms with Crippen LogP contribution in [0.1, 0.15) is 27.1 Å². The summed E-state index contributed by atoms with van der Waals surface area (Å²) < 4.78 is 1.99. The van der Waals surface area contributed by atoms with Gasteiger partial charge in [0.25, 0.3) is 5.91 Å². The third-order valence-corrected chi connectivity index (χ3v) is 4.73. The zero-order chi connectivity index (χ0) is 14.4. The summed E-state index contributed by atoms with van der Waals surface area (Å²) in [6.07, 6.45) is 1.96. The van der Waals surface area contributed by atoms with Crippen molar-refractivity contribution < 1.29 is 4.79 Å². The van der Waals surface area contributed by atoms with Crippen LogP contribution in [-0.2, 0) is 0 Å². The lowest BCUT2D eigenvalue weighted by Gasteiger charge is -2.38. The molecule has 1 aliphatic heterocycles. The predicted molar refractivity (Wildman–Crippen MR) is 78.5 cm³/mol. The molecule has 7 heteroatoms. The number of hydrogen-bond acceptors (Lipinski definition) is 5. The van der Waals surface area contributed by atoms with Crippen LogP contribution in [0.5, 0.6) is 0 Å². The molecule has 3 aromatic heterocycles. The van der Waals surface area contributed by atoms with E-state index in [0.29, 0.717) is 13.1 Å². The lowest BCUT2D eigenvalue weighted by atomic mass is 9.99. The van der Waals surface area contributed by atoms with Gasteiger partial charge < -0.3 is 4.90 Å². The normalized spacial score (nSPS) is 15.4. The number of pyridine rings is 1. The Morgan fingerprint density at radius 2 is 2.19 bits per heavy atom. The van der Waals surface area contributed by atoms with Gasteiger partial charge in [-0.3, -0.25) is 9.20 Å². The molecule has 0 aliphatic carbocycles. The molecule has 0 atom stereocenters. The Bertz CT molecular complexity index is 818. The molecule has 3 aromatic rings. The molecule has 1 aliphatic rings. The van der Waals surface area contributed by atoms with E-state index in [2.05, 4.69) is 15.2 Å². The zero-order valence-corrected chi connectivity index (χ0v) is 12.2. The highest BCUT2D eigenvalue weighted by Gasteiger charge is 2.36. The van der Waals surface area contributed by atoms with Gasteiger partial charge in [-0.1, -0.05) is 6.07 Å². The number of hydrogen-bond donors (Lipinski definition) is 0. The molecule has 0 spiro atoms. The van der Waals surface area contributed by atoms with Crippen molar-refractivity contribution >= 4 is 22.9 Å². The minimum absolute atomic E-state index is 0.0695.